The van der Waals surface area contributed by atoms with Gasteiger partial charge in [-0.15, -0.1) is 0 Å². The van der Waals surface area contributed by atoms with Gasteiger partial charge in [-0.1, -0.05) is 32.4 Å². The first-order chi connectivity index (χ1) is 8.11. The highest BCUT2D eigenvalue weighted by molar-refractivity contribution is 6.25. The van der Waals surface area contributed by atoms with Crippen LogP contribution in [0.1, 0.15) is 47.0 Å². The molecular formula is C14H27ClN2. The summed E-state index contributed by atoms with van der Waals surface area (Å²) in [5.41, 5.74) is 3.29. The highest BCUT2D eigenvalue weighted by atomic mass is 35.5. The van der Waals surface area contributed by atoms with E-state index in [1.165, 1.54) is 24.8 Å². The van der Waals surface area contributed by atoms with Crippen molar-refractivity contribution in [1.29, 1.82) is 0 Å². The van der Waals surface area contributed by atoms with Crippen molar-refractivity contribution in [2.75, 3.05) is 19.6 Å². The van der Waals surface area contributed by atoms with Crippen molar-refractivity contribution in [3.05, 3.63) is 11.1 Å². The summed E-state index contributed by atoms with van der Waals surface area (Å²) in [7, 11) is 0. The Labute approximate surface area is 111 Å². The average molecular weight is 259 g/mol. The molecule has 0 saturated carbocycles. The standard InChI is InChI=1S/C14H27ClN2/c1-5-13-10-17(9-12(4)8-15)14(6-2,7-3)11-16-13/h8,13,16H,5-7,9-11H2,1-4H3. The van der Waals surface area contributed by atoms with E-state index in [4.69, 9.17) is 11.6 Å². The number of nitrogens with one attached hydrogen (secondary N) is 1. The summed E-state index contributed by atoms with van der Waals surface area (Å²) in [4.78, 5) is 2.63. The SMILES string of the molecule is CCC1CN(CC(C)=CCl)C(CC)(CC)CN1. The Balaban J connectivity index is 2.81. The zero-order valence-corrected chi connectivity index (χ0v) is 12.5. The van der Waals surface area contributed by atoms with Crippen molar-refractivity contribution in [2.24, 2.45) is 0 Å². The van der Waals surface area contributed by atoms with Crippen molar-refractivity contribution in [3.8, 4) is 0 Å². The molecule has 1 N–H and O–H groups in total. The Morgan fingerprint density at radius 2 is 2.06 bits per heavy atom. The van der Waals surface area contributed by atoms with Crippen LogP contribution in [0, 0.1) is 0 Å². The second-order valence-corrected chi connectivity index (χ2v) is 5.47. The molecule has 1 atom stereocenters. The first-order valence-corrected chi connectivity index (χ1v) is 7.29. The van der Waals surface area contributed by atoms with Crippen molar-refractivity contribution in [2.45, 2.75) is 58.5 Å². The molecule has 1 rings (SSSR count). The van der Waals surface area contributed by atoms with Crippen LogP contribution in [-0.2, 0) is 0 Å². The molecule has 17 heavy (non-hydrogen) atoms. The molecule has 1 unspecified atom stereocenters. The van der Waals surface area contributed by atoms with Gasteiger partial charge in [0.15, 0.2) is 0 Å². The molecule has 1 aliphatic heterocycles. The molecule has 2 nitrogen and oxygen atoms in total. The van der Waals surface area contributed by atoms with E-state index in [1.807, 2.05) is 0 Å². The molecule has 0 amide bonds. The predicted molar refractivity (Wildman–Crippen MR) is 76.6 cm³/mol. The topological polar surface area (TPSA) is 15.3 Å². The Morgan fingerprint density at radius 1 is 1.41 bits per heavy atom. The predicted octanol–water partition coefficient (Wildman–Crippen LogP) is 3.37. The van der Waals surface area contributed by atoms with E-state index in [2.05, 4.69) is 37.9 Å². The molecule has 100 valence electrons. The highest BCUT2D eigenvalue weighted by Gasteiger charge is 2.38. The van der Waals surface area contributed by atoms with Crippen LogP contribution in [0.2, 0.25) is 0 Å². The highest BCUT2D eigenvalue weighted by Crippen LogP contribution is 2.28. The zero-order valence-electron chi connectivity index (χ0n) is 11.7. The van der Waals surface area contributed by atoms with Gasteiger partial charge in [-0.3, -0.25) is 4.90 Å². The van der Waals surface area contributed by atoms with Gasteiger partial charge in [0.1, 0.15) is 0 Å². The minimum absolute atomic E-state index is 0.312. The van der Waals surface area contributed by atoms with E-state index in [9.17, 15) is 0 Å². The smallest absolute Gasteiger partial charge is 0.0332 e. The van der Waals surface area contributed by atoms with Gasteiger partial charge in [0, 0.05) is 36.8 Å². The summed E-state index contributed by atoms with van der Waals surface area (Å²) in [6, 6.07) is 0.629. The largest absolute Gasteiger partial charge is 0.311 e. The molecule has 0 radical (unpaired) electrons. The summed E-state index contributed by atoms with van der Waals surface area (Å²) >= 11 is 5.82. The first-order valence-electron chi connectivity index (χ1n) is 6.86. The minimum atomic E-state index is 0.312. The fourth-order valence-electron chi connectivity index (χ4n) is 2.76. The van der Waals surface area contributed by atoms with Crippen molar-refractivity contribution >= 4 is 11.6 Å². The molecule has 0 aromatic rings. The second kappa shape index (κ2) is 6.77. The lowest BCUT2D eigenvalue weighted by Crippen LogP contribution is -2.64. The Hall–Kier alpha value is -0.0500. The van der Waals surface area contributed by atoms with E-state index in [-0.39, 0.29) is 0 Å². The van der Waals surface area contributed by atoms with E-state index >= 15 is 0 Å². The maximum atomic E-state index is 5.82. The van der Waals surface area contributed by atoms with Crippen LogP contribution in [0.3, 0.4) is 0 Å². The molecule has 1 saturated heterocycles. The summed E-state index contributed by atoms with van der Waals surface area (Å²) in [6.45, 7) is 12.2. The molecule has 1 fully saturated rings. The Bertz CT molecular complexity index is 259. The molecule has 1 heterocycles. The van der Waals surface area contributed by atoms with Gasteiger partial charge in [-0.2, -0.15) is 0 Å². The fourth-order valence-corrected chi connectivity index (χ4v) is 2.83. The van der Waals surface area contributed by atoms with Crippen molar-refractivity contribution < 1.29 is 0 Å². The number of hydrogen-bond donors (Lipinski definition) is 1. The van der Waals surface area contributed by atoms with Crippen LogP contribution in [0.4, 0.5) is 0 Å². The van der Waals surface area contributed by atoms with E-state index < -0.39 is 0 Å². The van der Waals surface area contributed by atoms with Crippen LogP contribution in [0.25, 0.3) is 0 Å². The number of piperazine rings is 1. The average Bonchev–Trinajstić information content (AvgIpc) is 2.38. The summed E-state index contributed by atoms with van der Waals surface area (Å²) < 4.78 is 0. The molecule has 0 aromatic heterocycles. The summed E-state index contributed by atoms with van der Waals surface area (Å²) in [5.74, 6) is 0. The molecule has 0 aromatic carbocycles. The maximum Gasteiger partial charge on any atom is 0.0332 e. The van der Waals surface area contributed by atoms with E-state index in [1.54, 1.807) is 5.54 Å². The lowest BCUT2D eigenvalue weighted by atomic mass is 9.86. The van der Waals surface area contributed by atoms with Crippen molar-refractivity contribution in [1.82, 2.24) is 10.2 Å². The van der Waals surface area contributed by atoms with E-state index in [0.29, 0.717) is 11.6 Å². The number of nitrogens with zero attached hydrogens (tertiary/aromatic N) is 1. The van der Waals surface area contributed by atoms with Crippen LogP contribution in [0.15, 0.2) is 11.1 Å². The molecule has 0 bridgehead atoms. The summed E-state index contributed by atoms with van der Waals surface area (Å²) in [5, 5.41) is 3.69. The molecule has 0 aliphatic carbocycles. The third-order valence-electron chi connectivity index (χ3n) is 4.27. The molecular weight excluding hydrogens is 232 g/mol. The van der Waals surface area contributed by atoms with E-state index in [0.717, 1.165) is 19.6 Å². The molecule has 3 heteroatoms. The Kier molecular flexibility index (Phi) is 5.98. The normalized spacial score (nSPS) is 26.2. The van der Waals surface area contributed by atoms with Crippen LogP contribution in [0.5, 0.6) is 0 Å². The van der Waals surface area contributed by atoms with Gasteiger partial charge in [0.25, 0.3) is 0 Å². The molecule has 0 spiro atoms. The zero-order chi connectivity index (χ0) is 12.9. The van der Waals surface area contributed by atoms with Crippen molar-refractivity contribution in [3.63, 3.8) is 0 Å². The van der Waals surface area contributed by atoms with Crippen LogP contribution >= 0.6 is 11.6 Å². The maximum absolute atomic E-state index is 5.82. The van der Waals surface area contributed by atoms with Gasteiger partial charge in [0.05, 0.1) is 0 Å². The van der Waals surface area contributed by atoms with Gasteiger partial charge in [-0.25, -0.2) is 0 Å². The lowest BCUT2D eigenvalue weighted by molar-refractivity contribution is 0.0393. The van der Waals surface area contributed by atoms with Gasteiger partial charge < -0.3 is 5.32 Å². The third kappa shape index (κ3) is 3.46. The van der Waals surface area contributed by atoms with Crippen LogP contribution in [-0.4, -0.2) is 36.1 Å². The third-order valence-corrected chi connectivity index (χ3v) is 4.64. The quantitative estimate of drug-likeness (QED) is 0.814. The number of halogens is 1. The minimum Gasteiger partial charge on any atom is -0.311 e. The Morgan fingerprint density at radius 3 is 2.53 bits per heavy atom. The molecule has 1 aliphatic rings. The monoisotopic (exact) mass is 258 g/mol. The van der Waals surface area contributed by atoms with Gasteiger partial charge in [-0.05, 0) is 31.8 Å². The number of rotatable bonds is 5. The number of hydrogen-bond acceptors (Lipinski definition) is 2. The van der Waals surface area contributed by atoms with Crippen LogP contribution < -0.4 is 5.32 Å². The summed E-state index contributed by atoms with van der Waals surface area (Å²) in [6.07, 6.45) is 3.59. The van der Waals surface area contributed by atoms with Gasteiger partial charge >= 0.3 is 0 Å². The fraction of sp³-hybridized carbons (Fsp3) is 0.857. The first kappa shape index (κ1) is 15.0. The van der Waals surface area contributed by atoms with Gasteiger partial charge in [0.2, 0.25) is 0 Å². The lowest BCUT2D eigenvalue weighted by Gasteiger charge is -2.50. The second-order valence-electron chi connectivity index (χ2n) is 5.25.